The van der Waals surface area contributed by atoms with Gasteiger partial charge < -0.3 is 19.5 Å². The average molecular weight is 471 g/mol. The first-order chi connectivity index (χ1) is 16.1. The molecule has 1 aliphatic rings. The van der Waals surface area contributed by atoms with Gasteiger partial charge in [-0.05, 0) is 48.4 Å². The third-order valence-electron chi connectivity index (χ3n) is 5.80. The second-order valence-electron chi connectivity index (χ2n) is 8.12. The van der Waals surface area contributed by atoms with Crippen LogP contribution in [0.1, 0.15) is 29.3 Å². The lowest BCUT2D eigenvalue weighted by molar-refractivity contribution is -0.136. The van der Waals surface area contributed by atoms with Crippen molar-refractivity contribution >= 4 is 17.2 Å². The van der Waals surface area contributed by atoms with Gasteiger partial charge in [-0.2, -0.15) is 0 Å². The molecule has 0 fully saturated rings. The summed E-state index contributed by atoms with van der Waals surface area (Å²) in [5.74, 6) is 1.36. The van der Waals surface area contributed by atoms with Crippen molar-refractivity contribution in [2.75, 3.05) is 39.9 Å². The second kappa shape index (κ2) is 12.6. The van der Waals surface area contributed by atoms with E-state index in [2.05, 4.69) is 24.6 Å². The normalized spacial score (nSPS) is 16.2. The van der Waals surface area contributed by atoms with Crippen molar-refractivity contribution in [3.05, 3.63) is 71.5 Å². The van der Waals surface area contributed by atoms with Crippen LogP contribution in [0, 0.1) is 0 Å². The van der Waals surface area contributed by atoms with Gasteiger partial charge in [-0.15, -0.1) is 24.5 Å². The van der Waals surface area contributed by atoms with Gasteiger partial charge in [0.1, 0.15) is 6.61 Å². The van der Waals surface area contributed by atoms with Crippen molar-refractivity contribution in [3.8, 4) is 11.5 Å². The van der Waals surface area contributed by atoms with Crippen LogP contribution >= 0.6 is 11.3 Å². The van der Waals surface area contributed by atoms with E-state index in [1.165, 1.54) is 4.88 Å². The van der Waals surface area contributed by atoms with Crippen LogP contribution in [0.15, 0.2) is 61.0 Å². The summed E-state index contributed by atoms with van der Waals surface area (Å²) in [5, 5.41) is 12.4. The van der Waals surface area contributed by atoms with Gasteiger partial charge in [-0.25, -0.2) is 0 Å². The van der Waals surface area contributed by atoms with Crippen molar-refractivity contribution in [2.24, 2.45) is 0 Å². The fraction of sp³-hybridized carbons (Fsp3) is 0.423. The zero-order valence-corrected chi connectivity index (χ0v) is 20.1. The van der Waals surface area contributed by atoms with Crippen molar-refractivity contribution in [2.45, 2.75) is 31.4 Å². The Bertz CT molecular complexity index is 929. The highest BCUT2D eigenvalue weighted by Gasteiger charge is 2.33. The number of aliphatic hydroxyl groups is 1. The van der Waals surface area contributed by atoms with Crippen molar-refractivity contribution in [1.82, 2.24) is 9.80 Å². The number of para-hydroxylation sites is 2. The topological polar surface area (TPSA) is 62.2 Å². The number of ether oxygens (including phenoxy) is 2. The van der Waals surface area contributed by atoms with Crippen LogP contribution in [-0.4, -0.2) is 66.8 Å². The van der Waals surface area contributed by atoms with Gasteiger partial charge in [0.15, 0.2) is 11.5 Å². The van der Waals surface area contributed by atoms with Crippen molar-refractivity contribution < 1.29 is 19.4 Å². The summed E-state index contributed by atoms with van der Waals surface area (Å²) in [6, 6.07) is 9.46. The monoisotopic (exact) mass is 470 g/mol. The van der Waals surface area contributed by atoms with E-state index < -0.39 is 6.10 Å². The minimum atomic E-state index is -0.509. The molecule has 2 atom stereocenters. The summed E-state index contributed by atoms with van der Waals surface area (Å²) in [6.45, 7) is 9.70. The Balaban J connectivity index is 1.72. The maximum atomic E-state index is 13.4. The number of rotatable bonds is 13. The number of carbonyl (C=O) groups is 1. The Morgan fingerprint density at radius 3 is 2.82 bits per heavy atom. The van der Waals surface area contributed by atoms with Crippen LogP contribution in [0.25, 0.3) is 0 Å². The fourth-order valence-corrected chi connectivity index (χ4v) is 5.08. The van der Waals surface area contributed by atoms with Gasteiger partial charge >= 0.3 is 0 Å². The summed E-state index contributed by atoms with van der Waals surface area (Å²) in [5.41, 5.74) is 1.15. The number of fused-ring (bicyclic) bond motifs is 1. The Morgan fingerprint density at radius 2 is 2.09 bits per heavy atom. The Hall–Kier alpha value is -2.61. The van der Waals surface area contributed by atoms with Crippen LogP contribution in [0.3, 0.4) is 0 Å². The zero-order chi connectivity index (χ0) is 23.6. The average Bonchev–Trinajstić information content (AvgIpc) is 3.30. The van der Waals surface area contributed by atoms with E-state index in [0.29, 0.717) is 44.2 Å². The lowest BCUT2D eigenvalue weighted by atomic mass is 10.0. The molecule has 0 radical (unpaired) electrons. The van der Waals surface area contributed by atoms with Gasteiger partial charge in [0.25, 0.3) is 0 Å². The smallest absolute Gasteiger partial charge is 0.237 e. The molecule has 1 N–H and O–H groups in total. The summed E-state index contributed by atoms with van der Waals surface area (Å²) in [4.78, 5) is 18.6. The van der Waals surface area contributed by atoms with Crippen LogP contribution in [0.4, 0.5) is 0 Å². The Labute approximate surface area is 200 Å². The number of hydrogen-bond donors (Lipinski definition) is 1. The molecule has 0 aliphatic carbocycles. The van der Waals surface area contributed by atoms with E-state index in [1.54, 1.807) is 30.6 Å². The molecule has 1 amide bonds. The molecule has 33 heavy (non-hydrogen) atoms. The number of methoxy groups -OCH3 is 1. The molecule has 0 unspecified atom stereocenters. The number of allylic oxidation sites excluding steroid dienone is 1. The highest BCUT2D eigenvalue weighted by atomic mass is 32.1. The summed E-state index contributed by atoms with van der Waals surface area (Å²) in [6.07, 6.45) is 5.26. The van der Waals surface area contributed by atoms with Crippen LogP contribution in [0.5, 0.6) is 11.5 Å². The van der Waals surface area contributed by atoms with Crippen LogP contribution in [-0.2, 0) is 11.2 Å². The highest BCUT2D eigenvalue weighted by molar-refractivity contribution is 7.10. The van der Waals surface area contributed by atoms with E-state index in [1.807, 2.05) is 34.1 Å². The number of benzene rings is 1. The number of thiophene rings is 1. The number of hydrogen-bond acceptors (Lipinski definition) is 6. The summed E-state index contributed by atoms with van der Waals surface area (Å²) < 4.78 is 11.6. The first kappa shape index (κ1) is 25.0. The molecule has 0 spiro atoms. The summed E-state index contributed by atoms with van der Waals surface area (Å²) in [7, 11) is 1.62. The summed E-state index contributed by atoms with van der Waals surface area (Å²) >= 11 is 1.73. The van der Waals surface area contributed by atoms with Gasteiger partial charge in [-0.1, -0.05) is 24.3 Å². The quantitative estimate of drug-likeness (QED) is 0.447. The molecule has 1 aromatic carbocycles. The van der Waals surface area contributed by atoms with Gasteiger partial charge in [0.05, 0.1) is 25.8 Å². The molecule has 2 aromatic rings. The van der Waals surface area contributed by atoms with E-state index in [-0.39, 0.29) is 18.5 Å². The molecule has 0 bridgehead atoms. The SMILES string of the molecule is C=CCC[C@@H](O)CN(CC=C)CC(=O)N1CCc2sccc2[C@@H]1COc1ccccc1OC. The number of amides is 1. The van der Waals surface area contributed by atoms with E-state index in [4.69, 9.17) is 9.47 Å². The molecular weight excluding hydrogens is 436 g/mol. The Kier molecular flexibility index (Phi) is 9.54. The number of aliphatic hydroxyl groups excluding tert-OH is 1. The molecule has 0 saturated carbocycles. The predicted octanol–water partition coefficient (Wildman–Crippen LogP) is 4.08. The number of nitrogens with zero attached hydrogens (tertiary/aromatic N) is 2. The maximum Gasteiger partial charge on any atom is 0.237 e. The third-order valence-corrected chi connectivity index (χ3v) is 6.80. The van der Waals surface area contributed by atoms with Gasteiger partial charge in [-0.3, -0.25) is 9.69 Å². The minimum absolute atomic E-state index is 0.0262. The molecule has 2 heterocycles. The predicted molar refractivity (Wildman–Crippen MR) is 133 cm³/mol. The molecule has 0 saturated heterocycles. The standard InChI is InChI=1S/C26H34N2O4S/c1-4-6-9-20(29)17-27(14-5-2)18-26(30)28-15-12-25-21(13-16-33-25)22(28)19-32-24-11-8-7-10-23(24)31-3/h4-5,7-8,10-11,13,16,20,22,29H,1-2,6,9,12,14-15,17-19H2,3H3/t20-,22+/m1/s1. The van der Waals surface area contributed by atoms with Crippen molar-refractivity contribution in [3.63, 3.8) is 0 Å². The van der Waals surface area contributed by atoms with Crippen molar-refractivity contribution in [1.29, 1.82) is 0 Å². The fourth-order valence-electron chi connectivity index (χ4n) is 4.15. The molecular formula is C26H34N2O4S. The molecule has 6 nitrogen and oxygen atoms in total. The highest BCUT2D eigenvalue weighted by Crippen LogP contribution is 2.35. The minimum Gasteiger partial charge on any atom is -0.493 e. The first-order valence-corrected chi connectivity index (χ1v) is 12.2. The molecule has 178 valence electrons. The second-order valence-corrected chi connectivity index (χ2v) is 9.12. The largest absolute Gasteiger partial charge is 0.493 e. The first-order valence-electron chi connectivity index (χ1n) is 11.3. The molecule has 1 aliphatic heterocycles. The van der Waals surface area contributed by atoms with Crippen LogP contribution in [0.2, 0.25) is 0 Å². The maximum absolute atomic E-state index is 13.4. The van der Waals surface area contributed by atoms with E-state index in [9.17, 15) is 9.90 Å². The van der Waals surface area contributed by atoms with Gasteiger partial charge in [0.2, 0.25) is 5.91 Å². The van der Waals surface area contributed by atoms with Crippen LogP contribution < -0.4 is 9.47 Å². The van der Waals surface area contributed by atoms with Gasteiger partial charge in [0, 0.05) is 24.5 Å². The molecule has 1 aromatic heterocycles. The Morgan fingerprint density at radius 1 is 1.30 bits per heavy atom. The van der Waals surface area contributed by atoms with E-state index >= 15 is 0 Å². The third kappa shape index (κ3) is 6.69. The van der Waals surface area contributed by atoms with E-state index in [0.717, 1.165) is 18.4 Å². The molecule has 3 rings (SSSR count). The zero-order valence-electron chi connectivity index (χ0n) is 19.3. The molecule has 7 heteroatoms. The lowest BCUT2D eigenvalue weighted by Gasteiger charge is -2.37. The number of carbonyl (C=O) groups excluding carboxylic acids is 1. The lowest BCUT2D eigenvalue weighted by Crippen LogP contribution is -2.47.